The molecule has 2 aliphatic rings. The molecule has 8 nitrogen and oxygen atoms in total. The summed E-state index contributed by atoms with van der Waals surface area (Å²) in [6.45, 7) is 7.97. The maximum Gasteiger partial charge on any atom is 0.320 e. The number of benzene rings is 1. The van der Waals surface area contributed by atoms with E-state index in [1.165, 1.54) is 11.1 Å². The van der Waals surface area contributed by atoms with Crippen LogP contribution >= 0.6 is 0 Å². The number of nitrogens with one attached hydrogen (secondary N) is 2. The third-order valence-corrected chi connectivity index (χ3v) is 5.81. The molecule has 0 saturated carbocycles. The number of urea groups is 1. The standard InChI is InChI=1S/C20H24N6O2/c1-12-9-16-17(10-13(12)2)22-19(21-16)18-14-11-26(4-3-15(14)23-24-18)20(27)25-5-7-28-8-6-25/h9-10H,3-8,11H2,1-2H3,(H,21,22)(H,23,24). The van der Waals surface area contributed by atoms with E-state index in [1.54, 1.807) is 0 Å². The van der Waals surface area contributed by atoms with E-state index < -0.39 is 0 Å². The quantitative estimate of drug-likeness (QED) is 0.678. The number of carbonyl (C=O) groups is 1. The highest BCUT2D eigenvalue weighted by Gasteiger charge is 2.30. The minimum absolute atomic E-state index is 0.0805. The van der Waals surface area contributed by atoms with Gasteiger partial charge in [0.25, 0.3) is 0 Å². The van der Waals surface area contributed by atoms with Gasteiger partial charge in [-0.15, -0.1) is 0 Å². The lowest BCUT2D eigenvalue weighted by molar-refractivity contribution is 0.0421. The number of aromatic amines is 2. The van der Waals surface area contributed by atoms with Crippen LogP contribution < -0.4 is 0 Å². The number of aryl methyl sites for hydroxylation is 2. The van der Waals surface area contributed by atoms with Crippen LogP contribution in [0.5, 0.6) is 0 Å². The summed E-state index contributed by atoms with van der Waals surface area (Å²) in [5.41, 5.74) is 7.35. The molecule has 2 aromatic heterocycles. The number of carbonyl (C=O) groups excluding carboxylic acids is 1. The molecule has 0 aliphatic carbocycles. The number of nitrogens with zero attached hydrogens (tertiary/aromatic N) is 4. The van der Waals surface area contributed by atoms with Gasteiger partial charge in [-0.1, -0.05) is 0 Å². The lowest BCUT2D eigenvalue weighted by Gasteiger charge is -2.34. The second-order valence-corrected chi connectivity index (χ2v) is 7.62. The number of imidazole rings is 1. The van der Waals surface area contributed by atoms with Gasteiger partial charge in [0.05, 0.1) is 30.8 Å². The van der Waals surface area contributed by atoms with E-state index in [-0.39, 0.29) is 6.03 Å². The molecule has 4 heterocycles. The Bertz CT molecular complexity index is 1010. The minimum Gasteiger partial charge on any atom is -0.378 e. The Balaban J connectivity index is 1.45. The van der Waals surface area contributed by atoms with Crippen molar-refractivity contribution < 1.29 is 9.53 Å². The van der Waals surface area contributed by atoms with Gasteiger partial charge in [-0.25, -0.2) is 9.78 Å². The second-order valence-electron chi connectivity index (χ2n) is 7.62. The van der Waals surface area contributed by atoms with E-state index in [1.807, 2.05) is 9.80 Å². The first-order valence-corrected chi connectivity index (χ1v) is 9.75. The van der Waals surface area contributed by atoms with Crippen molar-refractivity contribution in [3.05, 3.63) is 34.5 Å². The Kier molecular flexibility index (Phi) is 4.08. The molecule has 0 unspecified atom stereocenters. The fraction of sp³-hybridized carbons (Fsp3) is 0.450. The van der Waals surface area contributed by atoms with Crippen LogP contribution in [0, 0.1) is 13.8 Å². The zero-order chi connectivity index (χ0) is 19.3. The number of H-pyrrole nitrogens is 2. The predicted molar refractivity (Wildman–Crippen MR) is 105 cm³/mol. The molecule has 2 amide bonds. The Morgan fingerprint density at radius 1 is 1.11 bits per heavy atom. The Morgan fingerprint density at radius 2 is 1.89 bits per heavy atom. The summed E-state index contributed by atoms with van der Waals surface area (Å²) >= 11 is 0. The molecule has 1 fully saturated rings. The number of hydrogen-bond donors (Lipinski definition) is 2. The number of ether oxygens (including phenoxy) is 1. The zero-order valence-electron chi connectivity index (χ0n) is 16.2. The molecule has 146 valence electrons. The number of aromatic nitrogens is 4. The van der Waals surface area contributed by atoms with E-state index in [0.717, 1.165) is 40.2 Å². The third kappa shape index (κ3) is 2.84. The van der Waals surface area contributed by atoms with Crippen LogP contribution in [0.2, 0.25) is 0 Å². The highest BCUT2D eigenvalue weighted by Crippen LogP contribution is 2.29. The molecule has 5 rings (SSSR count). The molecular weight excluding hydrogens is 356 g/mol. The normalized spacial score (nSPS) is 17.2. The molecule has 0 radical (unpaired) electrons. The third-order valence-electron chi connectivity index (χ3n) is 5.81. The van der Waals surface area contributed by atoms with Crippen molar-refractivity contribution in [3.8, 4) is 11.5 Å². The summed E-state index contributed by atoms with van der Waals surface area (Å²) in [7, 11) is 0. The number of morpholine rings is 1. The monoisotopic (exact) mass is 380 g/mol. The van der Waals surface area contributed by atoms with E-state index >= 15 is 0 Å². The van der Waals surface area contributed by atoms with Crippen molar-refractivity contribution >= 4 is 17.1 Å². The fourth-order valence-electron chi connectivity index (χ4n) is 3.99. The molecule has 1 saturated heterocycles. The average Bonchev–Trinajstić information content (AvgIpc) is 3.31. The van der Waals surface area contributed by atoms with Crippen LogP contribution in [0.25, 0.3) is 22.6 Å². The van der Waals surface area contributed by atoms with Gasteiger partial charge in [-0.2, -0.15) is 5.10 Å². The van der Waals surface area contributed by atoms with E-state index in [0.29, 0.717) is 39.4 Å². The maximum atomic E-state index is 12.9. The lowest BCUT2D eigenvalue weighted by Crippen LogP contribution is -2.49. The first-order valence-electron chi connectivity index (χ1n) is 9.75. The van der Waals surface area contributed by atoms with Gasteiger partial charge in [0, 0.05) is 37.3 Å². The van der Waals surface area contributed by atoms with Crippen LogP contribution in [0.15, 0.2) is 12.1 Å². The van der Waals surface area contributed by atoms with Crippen LogP contribution in [0.3, 0.4) is 0 Å². The van der Waals surface area contributed by atoms with Gasteiger partial charge in [0.1, 0.15) is 5.69 Å². The second kappa shape index (κ2) is 6.63. The van der Waals surface area contributed by atoms with Crippen LogP contribution in [0.1, 0.15) is 22.4 Å². The zero-order valence-corrected chi connectivity index (χ0v) is 16.2. The number of hydrogen-bond acceptors (Lipinski definition) is 4. The van der Waals surface area contributed by atoms with Gasteiger partial charge in [-0.3, -0.25) is 5.10 Å². The lowest BCUT2D eigenvalue weighted by atomic mass is 10.1. The summed E-state index contributed by atoms with van der Waals surface area (Å²) < 4.78 is 5.36. The smallest absolute Gasteiger partial charge is 0.320 e. The molecule has 0 spiro atoms. The summed E-state index contributed by atoms with van der Waals surface area (Å²) in [4.78, 5) is 24.8. The molecule has 2 aliphatic heterocycles. The molecule has 1 aromatic carbocycles. The minimum atomic E-state index is 0.0805. The Morgan fingerprint density at radius 3 is 2.71 bits per heavy atom. The molecule has 0 bridgehead atoms. The summed E-state index contributed by atoms with van der Waals surface area (Å²) in [5, 5.41) is 7.67. The summed E-state index contributed by atoms with van der Waals surface area (Å²) in [6, 6.07) is 4.30. The van der Waals surface area contributed by atoms with E-state index in [4.69, 9.17) is 9.72 Å². The van der Waals surface area contributed by atoms with Crippen LogP contribution in [-0.2, 0) is 17.7 Å². The van der Waals surface area contributed by atoms with E-state index in [2.05, 4.69) is 41.2 Å². The summed E-state index contributed by atoms with van der Waals surface area (Å²) in [5.74, 6) is 0.748. The van der Waals surface area contributed by atoms with Gasteiger partial charge >= 0.3 is 6.03 Å². The van der Waals surface area contributed by atoms with Crippen molar-refractivity contribution in [1.82, 2.24) is 30.0 Å². The molecule has 2 N–H and O–H groups in total. The topological polar surface area (TPSA) is 90.1 Å². The van der Waals surface area contributed by atoms with Crippen molar-refractivity contribution in [2.45, 2.75) is 26.8 Å². The Hall–Kier alpha value is -2.87. The molecular formula is C20H24N6O2. The Labute approximate surface area is 162 Å². The highest BCUT2D eigenvalue weighted by molar-refractivity contribution is 5.81. The maximum absolute atomic E-state index is 12.9. The molecule has 8 heteroatoms. The molecule has 0 atom stereocenters. The largest absolute Gasteiger partial charge is 0.378 e. The van der Waals surface area contributed by atoms with Gasteiger partial charge in [-0.05, 0) is 37.1 Å². The van der Waals surface area contributed by atoms with Gasteiger partial charge in [0.2, 0.25) is 0 Å². The fourth-order valence-corrected chi connectivity index (χ4v) is 3.99. The van der Waals surface area contributed by atoms with Crippen molar-refractivity contribution in [1.29, 1.82) is 0 Å². The van der Waals surface area contributed by atoms with Crippen molar-refractivity contribution in [2.24, 2.45) is 0 Å². The van der Waals surface area contributed by atoms with Gasteiger partial charge < -0.3 is 19.5 Å². The predicted octanol–water partition coefficient (Wildman–Crippen LogP) is 2.38. The highest BCUT2D eigenvalue weighted by atomic mass is 16.5. The van der Waals surface area contributed by atoms with Crippen LogP contribution in [0.4, 0.5) is 4.79 Å². The average molecular weight is 380 g/mol. The SMILES string of the molecule is Cc1cc2nc(-c3n[nH]c4c3CN(C(=O)N3CCOCC3)CC4)[nH]c2cc1C. The first kappa shape index (κ1) is 17.2. The van der Waals surface area contributed by atoms with Gasteiger partial charge in [0.15, 0.2) is 5.82 Å². The van der Waals surface area contributed by atoms with E-state index in [9.17, 15) is 4.79 Å². The summed E-state index contributed by atoms with van der Waals surface area (Å²) in [6.07, 6.45) is 0.775. The molecule has 28 heavy (non-hydrogen) atoms. The number of rotatable bonds is 1. The number of fused-ring (bicyclic) bond motifs is 2. The molecule has 3 aromatic rings. The van der Waals surface area contributed by atoms with Crippen molar-refractivity contribution in [2.75, 3.05) is 32.8 Å². The van der Waals surface area contributed by atoms with Crippen molar-refractivity contribution in [3.63, 3.8) is 0 Å². The first-order chi connectivity index (χ1) is 13.6. The van der Waals surface area contributed by atoms with Crippen LogP contribution in [-0.4, -0.2) is 68.8 Å². The number of amides is 2.